The van der Waals surface area contributed by atoms with Gasteiger partial charge in [0.15, 0.2) is 11.4 Å². The van der Waals surface area contributed by atoms with Gasteiger partial charge < -0.3 is 19.8 Å². The summed E-state index contributed by atoms with van der Waals surface area (Å²) in [5.41, 5.74) is 0.820. The van der Waals surface area contributed by atoms with Crippen LogP contribution in [0.1, 0.15) is 30.6 Å². The van der Waals surface area contributed by atoms with Gasteiger partial charge in [0, 0.05) is 31.3 Å². The molecule has 3 aromatic rings. The molecule has 1 atom stereocenters. The lowest BCUT2D eigenvalue weighted by molar-refractivity contribution is 0.0167. The van der Waals surface area contributed by atoms with Crippen molar-refractivity contribution < 1.29 is 14.4 Å². The van der Waals surface area contributed by atoms with Gasteiger partial charge in [0.1, 0.15) is 0 Å². The summed E-state index contributed by atoms with van der Waals surface area (Å²) >= 11 is 0. The van der Waals surface area contributed by atoms with E-state index in [1.807, 2.05) is 25.1 Å². The number of aromatic amines is 1. The number of β-amino-alcohol motifs (C(OH)–C–C–N with tert-alkyl or cyclic N) is 1. The number of H-pyrrole nitrogens is 1. The zero-order valence-corrected chi connectivity index (χ0v) is 15.1. The standard InChI is InChI=1S/C18H22N6O3/c1-2-15-21-16(27-23-15)18(26)6-8-24(11-18)17(25)19-7-5-12-3-4-13-10-20-22-14(13)9-12/h3-4,9-10,26H,2,5-8,11H2,1H3,(H,19,25)(H,20,22). The number of benzene rings is 1. The summed E-state index contributed by atoms with van der Waals surface area (Å²) in [7, 11) is 0. The minimum atomic E-state index is -1.27. The van der Waals surface area contributed by atoms with Crippen LogP contribution in [-0.2, 0) is 18.4 Å². The third-order valence-corrected chi connectivity index (χ3v) is 4.91. The molecule has 1 aliphatic heterocycles. The minimum Gasteiger partial charge on any atom is -0.378 e. The van der Waals surface area contributed by atoms with Crippen LogP contribution < -0.4 is 5.32 Å². The maximum Gasteiger partial charge on any atom is 0.317 e. The highest BCUT2D eigenvalue weighted by molar-refractivity contribution is 5.78. The molecule has 9 heteroatoms. The smallest absolute Gasteiger partial charge is 0.317 e. The predicted octanol–water partition coefficient (Wildman–Crippen LogP) is 1.35. The third-order valence-electron chi connectivity index (χ3n) is 4.91. The number of hydrogen-bond acceptors (Lipinski definition) is 6. The molecule has 0 saturated carbocycles. The Labute approximate surface area is 155 Å². The fourth-order valence-electron chi connectivity index (χ4n) is 3.29. The summed E-state index contributed by atoms with van der Waals surface area (Å²) in [6, 6.07) is 5.86. The minimum absolute atomic E-state index is 0.143. The third kappa shape index (κ3) is 3.50. The highest BCUT2D eigenvalue weighted by Crippen LogP contribution is 2.30. The number of carbonyl (C=O) groups excluding carboxylic acids is 1. The largest absolute Gasteiger partial charge is 0.378 e. The molecule has 0 spiro atoms. The highest BCUT2D eigenvalue weighted by atomic mass is 16.5. The Bertz CT molecular complexity index is 951. The van der Waals surface area contributed by atoms with Crippen molar-refractivity contribution in [3.05, 3.63) is 41.7 Å². The first-order chi connectivity index (χ1) is 13.1. The van der Waals surface area contributed by atoms with E-state index < -0.39 is 5.60 Å². The Morgan fingerprint density at radius 2 is 2.37 bits per heavy atom. The monoisotopic (exact) mass is 370 g/mol. The zero-order chi connectivity index (χ0) is 18.9. The van der Waals surface area contributed by atoms with Crippen LogP contribution in [0.5, 0.6) is 0 Å². The van der Waals surface area contributed by atoms with Gasteiger partial charge in [-0.2, -0.15) is 10.1 Å². The molecule has 1 saturated heterocycles. The maximum absolute atomic E-state index is 12.4. The van der Waals surface area contributed by atoms with Crippen molar-refractivity contribution in [3.8, 4) is 0 Å². The van der Waals surface area contributed by atoms with Crippen LogP contribution in [0.25, 0.3) is 10.9 Å². The molecule has 0 bridgehead atoms. The summed E-state index contributed by atoms with van der Waals surface area (Å²) in [4.78, 5) is 18.2. The van der Waals surface area contributed by atoms with Crippen LogP contribution in [0, 0.1) is 0 Å². The van der Waals surface area contributed by atoms with Gasteiger partial charge in [0.25, 0.3) is 5.89 Å². The average molecular weight is 370 g/mol. The SMILES string of the molecule is CCc1noc(C2(O)CCN(C(=O)NCCc3ccc4cn[nH]c4c3)C2)n1. The van der Waals surface area contributed by atoms with E-state index in [1.54, 1.807) is 11.1 Å². The zero-order valence-electron chi connectivity index (χ0n) is 15.1. The lowest BCUT2D eigenvalue weighted by Gasteiger charge is -2.20. The normalized spacial score (nSPS) is 19.7. The lowest BCUT2D eigenvalue weighted by Crippen LogP contribution is -2.41. The molecule has 142 valence electrons. The van der Waals surface area contributed by atoms with E-state index in [9.17, 15) is 9.90 Å². The molecular formula is C18H22N6O3. The first-order valence-electron chi connectivity index (χ1n) is 9.07. The second-order valence-corrected chi connectivity index (χ2v) is 6.85. The quantitative estimate of drug-likeness (QED) is 0.624. The van der Waals surface area contributed by atoms with Crippen molar-refractivity contribution in [2.24, 2.45) is 0 Å². The molecular weight excluding hydrogens is 348 g/mol. The predicted molar refractivity (Wildman–Crippen MR) is 97.0 cm³/mol. The number of amides is 2. The van der Waals surface area contributed by atoms with E-state index in [-0.39, 0.29) is 18.5 Å². The number of nitrogens with one attached hydrogen (secondary N) is 2. The summed E-state index contributed by atoms with van der Waals surface area (Å²) in [6.45, 7) is 3.00. The van der Waals surface area contributed by atoms with Crippen LogP contribution >= 0.6 is 0 Å². The average Bonchev–Trinajstić information content (AvgIpc) is 3.40. The van der Waals surface area contributed by atoms with Gasteiger partial charge >= 0.3 is 6.03 Å². The second kappa shape index (κ2) is 6.99. The topological polar surface area (TPSA) is 120 Å². The van der Waals surface area contributed by atoms with Crippen molar-refractivity contribution >= 4 is 16.9 Å². The molecule has 3 heterocycles. The van der Waals surface area contributed by atoms with E-state index in [4.69, 9.17) is 4.52 Å². The van der Waals surface area contributed by atoms with Crippen LogP contribution in [0.2, 0.25) is 0 Å². The Kier molecular flexibility index (Phi) is 4.53. The highest BCUT2D eigenvalue weighted by Gasteiger charge is 2.44. The van der Waals surface area contributed by atoms with E-state index >= 15 is 0 Å². The van der Waals surface area contributed by atoms with Crippen LogP contribution in [0.3, 0.4) is 0 Å². The van der Waals surface area contributed by atoms with Gasteiger partial charge in [-0.3, -0.25) is 5.10 Å². The number of rotatable bonds is 5. The van der Waals surface area contributed by atoms with Crippen molar-refractivity contribution in [2.45, 2.75) is 31.8 Å². The first kappa shape index (κ1) is 17.5. The molecule has 9 nitrogen and oxygen atoms in total. The molecule has 1 fully saturated rings. The Balaban J connectivity index is 1.31. The molecule has 1 aliphatic rings. The number of aryl methyl sites for hydroxylation is 1. The van der Waals surface area contributed by atoms with Crippen molar-refractivity contribution in [1.29, 1.82) is 0 Å². The molecule has 2 amide bonds. The summed E-state index contributed by atoms with van der Waals surface area (Å²) in [5.74, 6) is 0.734. The van der Waals surface area contributed by atoms with E-state index in [1.165, 1.54) is 0 Å². The van der Waals surface area contributed by atoms with Gasteiger partial charge in [-0.15, -0.1) is 0 Å². The lowest BCUT2D eigenvalue weighted by atomic mass is 10.0. The molecule has 27 heavy (non-hydrogen) atoms. The molecule has 0 radical (unpaired) electrons. The number of urea groups is 1. The summed E-state index contributed by atoms with van der Waals surface area (Å²) < 4.78 is 5.16. The van der Waals surface area contributed by atoms with Crippen molar-refractivity contribution in [3.63, 3.8) is 0 Å². The number of carbonyl (C=O) groups is 1. The molecule has 1 aromatic carbocycles. The summed E-state index contributed by atoms with van der Waals surface area (Å²) in [5, 5.41) is 25.5. The number of fused-ring (bicyclic) bond motifs is 1. The number of likely N-dealkylation sites (tertiary alicyclic amines) is 1. The number of aliphatic hydroxyl groups is 1. The number of hydrogen-bond donors (Lipinski definition) is 3. The number of aromatic nitrogens is 4. The number of nitrogens with zero attached hydrogens (tertiary/aromatic N) is 4. The maximum atomic E-state index is 12.4. The first-order valence-corrected chi connectivity index (χ1v) is 9.07. The fraction of sp³-hybridized carbons (Fsp3) is 0.444. The molecule has 4 rings (SSSR count). The van der Waals surface area contributed by atoms with E-state index in [2.05, 4.69) is 25.7 Å². The van der Waals surface area contributed by atoms with Gasteiger partial charge in [0.2, 0.25) is 0 Å². The molecule has 0 aliphatic carbocycles. The second-order valence-electron chi connectivity index (χ2n) is 6.85. The Morgan fingerprint density at radius 3 is 3.19 bits per heavy atom. The fourth-order valence-corrected chi connectivity index (χ4v) is 3.29. The van der Waals surface area contributed by atoms with E-state index in [0.717, 1.165) is 16.5 Å². The molecule has 3 N–H and O–H groups in total. The Hall–Kier alpha value is -2.94. The van der Waals surface area contributed by atoms with Gasteiger partial charge in [-0.1, -0.05) is 24.2 Å². The van der Waals surface area contributed by atoms with Crippen LogP contribution in [0.15, 0.2) is 28.9 Å². The van der Waals surface area contributed by atoms with Gasteiger partial charge in [-0.05, 0) is 18.1 Å². The van der Waals surface area contributed by atoms with Gasteiger partial charge in [0.05, 0.1) is 18.3 Å². The summed E-state index contributed by atoms with van der Waals surface area (Å²) in [6.07, 6.45) is 3.50. The van der Waals surface area contributed by atoms with Crippen molar-refractivity contribution in [2.75, 3.05) is 19.6 Å². The van der Waals surface area contributed by atoms with Crippen molar-refractivity contribution in [1.82, 2.24) is 30.6 Å². The van der Waals surface area contributed by atoms with E-state index in [0.29, 0.717) is 38.2 Å². The Morgan fingerprint density at radius 1 is 1.48 bits per heavy atom. The molecule has 1 unspecified atom stereocenters. The van der Waals surface area contributed by atoms with Crippen LogP contribution in [-0.4, -0.2) is 56.0 Å². The molecule has 2 aromatic heterocycles. The van der Waals surface area contributed by atoms with Gasteiger partial charge in [-0.25, -0.2) is 4.79 Å². The van der Waals surface area contributed by atoms with Crippen LogP contribution in [0.4, 0.5) is 4.79 Å².